The van der Waals surface area contributed by atoms with Crippen molar-refractivity contribution in [2.75, 3.05) is 0 Å². The number of nitrogens with zero attached hydrogens (tertiary/aromatic N) is 1. The van der Waals surface area contributed by atoms with E-state index in [1.54, 1.807) is 0 Å². The fraction of sp³-hybridized carbons (Fsp3) is 0. The summed E-state index contributed by atoms with van der Waals surface area (Å²) < 4.78 is 25.2. The highest BCUT2D eigenvalue weighted by atomic mass is 35.7. The SMILES string of the molecule is O=[N+]([O-])c1ccccc1OS(=O)(=O)Cl. The predicted octanol–water partition coefficient (Wildman–Crippen LogP) is 1.46. The van der Waals surface area contributed by atoms with E-state index in [4.69, 9.17) is 10.7 Å². The van der Waals surface area contributed by atoms with Gasteiger partial charge in [0.1, 0.15) is 0 Å². The smallest absolute Gasteiger partial charge is 0.364 e. The molecule has 0 aliphatic heterocycles. The highest BCUT2D eigenvalue weighted by Gasteiger charge is 2.18. The van der Waals surface area contributed by atoms with E-state index in [2.05, 4.69) is 4.18 Å². The lowest BCUT2D eigenvalue weighted by molar-refractivity contribution is -0.385. The fourth-order valence-electron chi connectivity index (χ4n) is 0.786. The monoisotopic (exact) mass is 237 g/mol. The third kappa shape index (κ3) is 2.86. The lowest BCUT2D eigenvalue weighted by Gasteiger charge is -2.00. The van der Waals surface area contributed by atoms with E-state index in [0.717, 1.165) is 12.1 Å². The summed E-state index contributed by atoms with van der Waals surface area (Å²) in [7, 11) is 0.506. The molecule has 14 heavy (non-hydrogen) atoms. The lowest BCUT2D eigenvalue weighted by atomic mass is 10.3. The maximum Gasteiger partial charge on any atom is 0.401 e. The van der Waals surface area contributed by atoms with E-state index < -0.39 is 25.7 Å². The zero-order valence-electron chi connectivity index (χ0n) is 6.58. The molecule has 0 saturated carbocycles. The summed E-state index contributed by atoms with van der Waals surface area (Å²) in [6.45, 7) is 0. The highest BCUT2D eigenvalue weighted by molar-refractivity contribution is 8.10. The molecule has 0 unspecified atom stereocenters. The molecular formula is C6H4ClNO5S. The molecular weight excluding hydrogens is 234 g/mol. The summed E-state index contributed by atoms with van der Waals surface area (Å²) in [4.78, 5) is 9.63. The Morgan fingerprint density at radius 2 is 1.93 bits per heavy atom. The van der Waals surface area contributed by atoms with Gasteiger partial charge in [0.25, 0.3) is 0 Å². The molecule has 0 radical (unpaired) electrons. The van der Waals surface area contributed by atoms with E-state index in [-0.39, 0.29) is 0 Å². The van der Waals surface area contributed by atoms with E-state index in [0.29, 0.717) is 0 Å². The van der Waals surface area contributed by atoms with Crippen LogP contribution in [0.2, 0.25) is 0 Å². The quantitative estimate of drug-likeness (QED) is 0.451. The Hall–Kier alpha value is -1.34. The van der Waals surface area contributed by atoms with Crippen molar-refractivity contribution in [1.82, 2.24) is 0 Å². The number of para-hydroxylation sites is 2. The molecule has 1 aromatic rings. The zero-order valence-corrected chi connectivity index (χ0v) is 8.16. The van der Waals surface area contributed by atoms with Crippen LogP contribution in [-0.2, 0) is 9.33 Å². The number of hydrogen-bond donors (Lipinski definition) is 0. The van der Waals surface area contributed by atoms with Gasteiger partial charge in [0.2, 0.25) is 5.75 Å². The maximum atomic E-state index is 10.5. The van der Waals surface area contributed by atoms with Crippen LogP contribution in [-0.4, -0.2) is 13.3 Å². The second kappa shape index (κ2) is 3.81. The molecule has 0 fully saturated rings. The van der Waals surface area contributed by atoms with Crippen molar-refractivity contribution in [3.8, 4) is 5.75 Å². The first-order valence-electron chi connectivity index (χ1n) is 3.27. The Labute approximate surface area is 83.8 Å². The fourth-order valence-corrected chi connectivity index (χ4v) is 1.34. The summed E-state index contributed by atoms with van der Waals surface area (Å²) in [5, 5.41) is 10.4. The van der Waals surface area contributed by atoms with Gasteiger partial charge in [-0.25, -0.2) is 0 Å². The Morgan fingerprint density at radius 1 is 1.36 bits per heavy atom. The number of nitro benzene ring substituents is 1. The maximum absolute atomic E-state index is 10.5. The summed E-state index contributed by atoms with van der Waals surface area (Å²) in [5.74, 6) is -0.410. The van der Waals surface area contributed by atoms with Gasteiger partial charge in [-0.2, -0.15) is 8.42 Å². The molecule has 8 heteroatoms. The van der Waals surface area contributed by atoms with Gasteiger partial charge in [-0.1, -0.05) is 12.1 Å². The van der Waals surface area contributed by atoms with Crippen LogP contribution in [0, 0.1) is 10.1 Å². The van der Waals surface area contributed by atoms with Gasteiger partial charge < -0.3 is 4.18 Å². The number of hydrogen-bond acceptors (Lipinski definition) is 5. The van der Waals surface area contributed by atoms with Crippen molar-refractivity contribution in [2.45, 2.75) is 0 Å². The molecule has 0 bridgehead atoms. The van der Waals surface area contributed by atoms with Crippen LogP contribution in [0.15, 0.2) is 24.3 Å². The molecule has 0 N–H and O–H groups in total. The molecule has 6 nitrogen and oxygen atoms in total. The molecule has 76 valence electrons. The third-order valence-corrected chi connectivity index (χ3v) is 1.82. The minimum Gasteiger partial charge on any atom is -0.364 e. The minimum absolute atomic E-state index is 0.410. The largest absolute Gasteiger partial charge is 0.401 e. The molecule has 0 aromatic heterocycles. The highest BCUT2D eigenvalue weighted by Crippen LogP contribution is 2.27. The van der Waals surface area contributed by atoms with E-state index in [1.807, 2.05) is 0 Å². The summed E-state index contributed by atoms with van der Waals surface area (Å²) in [5.41, 5.74) is -0.461. The van der Waals surface area contributed by atoms with Crippen molar-refractivity contribution in [3.63, 3.8) is 0 Å². The lowest BCUT2D eigenvalue weighted by Crippen LogP contribution is -2.02. The van der Waals surface area contributed by atoms with E-state index in [9.17, 15) is 18.5 Å². The van der Waals surface area contributed by atoms with Crippen molar-refractivity contribution < 1.29 is 17.5 Å². The third-order valence-electron chi connectivity index (χ3n) is 1.25. The Balaban J connectivity index is 3.15. The number of halogens is 1. The molecule has 1 rings (SSSR count). The van der Waals surface area contributed by atoms with Crippen LogP contribution < -0.4 is 4.18 Å². The number of rotatable bonds is 3. The Kier molecular flexibility index (Phi) is 2.92. The molecule has 0 aliphatic carbocycles. The molecule has 0 heterocycles. The average Bonchev–Trinajstić information content (AvgIpc) is 2.01. The van der Waals surface area contributed by atoms with Gasteiger partial charge in [-0.05, 0) is 6.07 Å². The van der Waals surface area contributed by atoms with Crippen LogP contribution in [0.3, 0.4) is 0 Å². The van der Waals surface area contributed by atoms with Crippen molar-refractivity contribution in [1.29, 1.82) is 0 Å². The molecule has 0 spiro atoms. The predicted molar refractivity (Wildman–Crippen MR) is 48.5 cm³/mol. The molecule has 0 aliphatic rings. The molecule has 0 amide bonds. The second-order valence-corrected chi connectivity index (χ2v) is 4.29. The molecule has 0 atom stereocenters. The summed E-state index contributed by atoms with van der Waals surface area (Å²) in [6.07, 6.45) is 0. The van der Waals surface area contributed by atoms with Gasteiger partial charge in [0, 0.05) is 6.07 Å². The van der Waals surface area contributed by atoms with Crippen molar-refractivity contribution in [2.24, 2.45) is 0 Å². The standard InChI is InChI=1S/C6H4ClNO5S/c7-14(11,12)13-6-4-2-1-3-5(6)8(9)10/h1-4H. The zero-order chi connectivity index (χ0) is 10.8. The van der Waals surface area contributed by atoms with Crippen molar-refractivity contribution in [3.05, 3.63) is 34.4 Å². The first-order valence-corrected chi connectivity index (χ1v) is 5.51. The average molecular weight is 238 g/mol. The van der Waals surface area contributed by atoms with Gasteiger partial charge in [-0.3, -0.25) is 10.1 Å². The summed E-state index contributed by atoms with van der Waals surface area (Å²) in [6, 6.07) is 5.02. The van der Waals surface area contributed by atoms with Gasteiger partial charge in [0.05, 0.1) is 15.6 Å². The Bertz CT molecular complexity index is 457. The van der Waals surface area contributed by atoms with Crippen molar-refractivity contribution >= 4 is 25.7 Å². The number of nitro groups is 1. The van der Waals surface area contributed by atoms with Crippen LogP contribution in [0.1, 0.15) is 0 Å². The summed E-state index contributed by atoms with van der Waals surface area (Å²) >= 11 is 0. The first kappa shape index (κ1) is 10.7. The van der Waals surface area contributed by atoms with Gasteiger partial charge in [-0.15, -0.1) is 0 Å². The minimum atomic E-state index is -4.27. The van der Waals surface area contributed by atoms with Gasteiger partial charge >= 0.3 is 15.0 Å². The van der Waals surface area contributed by atoms with Crippen LogP contribution in [0.5, 0.6) is 5.75 Å². The van der Waals surface area contributed by atoms with Crippen LogP contribution in [0.25, 0.3) is 0 Å². The normalized spacial score (nSPS) is 10.9. The number of benzene rings is 1. The van der Waals surface area contributed by atoms with Crippen LogP contribution >= 0.6 is 10.7 Å². The topological polar surface area (TPSA) is 86.5 Å². The molecule has 0 saturated heterocycles. The molecule has 1 aromatic carbocycles. The Morgan fingerprint density at radius 3 is 2.43 bits per heavy atom. The van der Waals surface area contributed by atoms with Crippen LogP contribution in [0.4, 0.5) is 5.69 Å². The first-order chi connectivity index (χ1) is 6.40. The second-order valence-electron chi connectivity index (χ2n) is 2.20. The van der Waals surface area contributed by atoms with E-state index in [1.165, 1.54) is 12.1 Å². The van der Waals surface area contributed by atoms with Gasteiger partial charge in [0.15, 0.2) is 0 Å². The van der Waals surface area contributed by atoms with E-state index >= 15 is 0 Å².